The summed E-state index contributed by atoms with van der Waals surface area (Å²) in [6.45, 7) is 12.6. The number of nitrogens with zero attached hydrogens (tertiary/aromatic N) is 3. The highest BCUT2D eigenvalue weighted by atomic mass is 16.3. The number of hydrogen-bond acceptors (Lipinski definition) is 3. The molecule has 21 heavy (non-hydrogen) atoms. The van der Waals surface area contributed by atoms with Crippen LogP contribution in [0.3, 0.4) is 0 Å². The van der Waals surface area contributed by atoms with Crippen molar-refractivity contribution >= 4 is 0 Å². The minimum atomic E-state index is -0.140. The molecule has 1 heterocycles. The van der Waals surface area contributed by atoms with E-state index in [0.29, 0.717) is 5.75 Å². The van der Waals surface area contributed by atoms with Gasteiger partial charge in [0.05, 0.1) is 0 Å². The second kappa shape index (κ2) is 4.86. The van der Waals surface area contributed by atoms with Crippen molar-refractivity contribution in [3.05, 3.63) is 29.6 Å². The van der Waals surface area contributed by atoms with Gasteiger partial charge >= 0.3 is 0 Å². The van der Waals surface area contributed by atoms with Crippen LogP contribution in [0.15, 0.2) is 18.5 Å². The van der Waals surface area contributed by atoms with E-state index < -0.39 is 0 Å². The van der Waals surface area contributed by atoms with Crippen molar-refractivity contribution in [3.63, 3.8) is 0 Å². The second-order valence-corrected chi connectivity index (χ2v) is 7.63. The molecule has 1 aromatic heterocycles. The Morgan fingerprint density at radius 3 is 1.76 bits per heavy atom. The molecule has 4 heteroatoms. The molecule has 0 saturated heterocycles. The molecule has 0 spiro atoms. The monoisotopic (exact) mass is 287 g/mol. The molecule has 0 aliphatic carbocycles. The van der Waals surface area contributed by atoms with Crippen molar-refractivity contribution in [3.8, 4) is 17.1 Å². The molecule has 0 radical (unpaired) electrons. The molecule has 0 fully saturated rings. The van der Waals surface area contributed by atoms with Gasteiger partial charge in [0.2, 0.25) is 0 Å². The Morgan fingerprint density at radius 2 is 1.43 bits per heavy atom. The Balaban J connectivity index is 2.78. The number of hydrogen-bond donors (Lipinski definition) is 1. The third-order valence-corrected chi connectivity index (χ3v) is 3.70. The number of phenols is 1. The number of benzene rings is 1. The minimum Gasteiger partial charge on any atom is -0.507 e. The predicted molar refractivity (Wildman–Crippen MR) is 85.5 cm³/mol. The Kier molecular flexibility index (Phi) is 3.60. The fraction of sp³-hybridized carbons (Fsp3) is 0.529. The van der Waals surface area contributed by atoms with Gasteiger partial charge in [-0.2, -0.15) is 5.10 Å². The Labute approximate surface area is 126 Å². The van der Waals surface area contributed by atoms with E-state index in [1.165, 1.54) is 0 Å². The molecular weight excluding hydrogens is 262 g/mol. The fourth-order valence-electron chi connectivity index (χ4n) is 2.46. The first kappa shape index (κ1) is 15.5. The fourth-order valence-corrected chi connectivity index (χ4v) is 2.46. The average molecular weight is 287 g/mol. The van der Waals surface area contributed by atoms with Crippen LogP contribution < -0.4 is 0 Å². The third kappa shape index (κ3) is 2.94. The van der Waals surface area contributed by atoms with E-state index in [1.54, 1.807) is 11.0 Å². The molecule has 0 atom stereocenters. The summed E-state index contributed by atoms with van der Waals surface area (Å²) in [4.78, 5) is 4.33. The largest absolute Gasteiger partial charge is 0.507 e. The molecular formula is C17H25N3O. The summed E-state index contributed by atoms with van der Waals surface area (Å²) >= 11 is 0. The molecule has 0 amide bonds. The molecule has 1 aromatic carbocycles. The third-order valence-electron chi connectivity index (χ3n) is 3.70. The van der Waals surface area contributed by atoms with Crippen LogP contribution in [0.2, 0.25) is 0 Å². The molecule has 0 aliphatic rings. The van der Waals surface area contributed by atoms with Crippen LogP contribution in [-0.2, 0) is 17.9 Å². The number of aryl methyl sites for hydroxylation is 1. The first-order valence-electron chi connectivity index (χ1n) is 7.24. The van der Waals surface area contributed by atoms with Gasteiger partial charge < -0.3 is 5.11 Å². The van der Waals surface area contributed by atoms with Crippen LogP contribution in [0.5, 0.6) is 5.75 Å². The highest BCUT2D eigenvalue weighted by molar-refractivity contribution is 5.64. The summed E-state index contributed by atoms with van der Waals surface area (Å²) in [5, 5.41) is 14.9. The Hall–Kier alpha value is -1.84. The van der Waals surface area contributed by atoms with Crippen molar-refractivity contribution in [1.82, 2.24) is 14.8 Å². The van der Waals surface area contributed by atoms with Gasteiger partial charge in [0, 0.05) is 23.7 Å². The van der Waals surface area contributed by atoms with Crippen molar-refractivity contribution in [2.75, 3.05) is 0 Å². The molecule has 0 saturated carbocycles. The van der Waals surface area contributed by atoms with Gasteiger partial charge in [0.15, 0.2) is 5.82 Å². The zero-order valence-corrected chi connectivity index (χ0v) is 14.0. The zero-order valence-electron chi connectivity index (χ0n) is 14.0. The zero-order chi connectivity index (χ0) is 16.0. The lowest BCUT2D eigenvalue weighted by atomic mass is 9.78. The second-order valence-electron chi connectivity index (χ2n) is 7.63. The summed E-state index contributed by atoms with van der Waals surface area (Å²) in [5.74, 6) is 1.20. The van der Waals surface area contributed by atoms with E-state index in [-0.39, 0.29) is 10.8 Å². The SMILES string of the molecule is Cn1ncnc1-c1cc(C(C)(C)C)c(O)c(C(C)(C)C)c1. The number of aromatic nitrogens is 3. The van der Waals surface area contributed by atoms with E-state index >= 15 is 0 Å². The van der Waals surface area contributed by atoms with Gasteiger partial charge in [-0.25, -0.2) is 9.67 Å². The highest BCUT2D eigenvalue weighted by Gasteiger charge is 2.27. The van der Waals surface area contributed by atoms with E-state index in [4.69, 9.17) is 0 Å². The molecule has 4 nitrogen and oxygen atoms in total. The molecule has 114 valence electrons. The van der Waals surface area contributed by atoms with Crippen molar-refractivity contribution < 1.29 is 5.11 Å². The van der Waals surface area contributed by atoms with Gasteiger partial charge in [-0.1, -0.05) is 41.5 Å². The molecule has 0 bridgehead atoms. The summed E-state index contributed by atoms with van der Waals surface area (Å²) in [7, 11) is 1.88. The van der Waals surface area contributed by atoms with E-state index in [2.05, 4.69) is 51.6 Å². The molecule has 2 rings (SSSR count). The normalized spacial score (nSPS) is 12.7. The van der Waals surface area contributed by atoms with Crippen LogP contribution in [0, 0.1) is 0 Å². The van der Waals surface area contributed by atoms with Gasteiger partial charge in [0.1, 0.15) is 12.1 Å². The lowest BCUT2D eigenvalue weighted by Gasteiger charge is -2.28. The van der Waals surface area contributed by atoms with Gasteiger partial charge in [-0.3, -0.25) is 0 Å². The first-order valence-corrected chi connectivity index (χ1v) is 7.24. The molecule has 0 unspecified atom stereocenters. The van der Waals surface area contributed by atoms with Gasteiger partial charge in [0.25, 0.3) is 0 Å². The standard InChI is InChI=1S/C17H25N3O/c1-16(2,3)12-8-11(15-18-10-19-20(15)7)9-13(14(12)21)17(4,5)6/h8-10,21H,1-7H3. The summed E-state index contributed by atoms with van der Waals surface area (Å²) < 4.78 is 1.76. The lowest BCUT2D eigenvalue weighted by molar-refractivity contribution is 0.423. The number of aromatic hydroxyl groups is 1. The highest BCUT2D eigenvalue weighted by Crippen LogP contribution is 2.41. The quantitative estimate of drug-likeness (QED) is 0.868. The van der Waals surface area contributed by atoms with E-state index in [0.717, 1.165) is 22.5 Å². The first-order chi connectivity index (χ1) is 9.51. The van der Waals surface area contributed by atoms with Gasteiger partial charge in [-0.05, 0) is 23.0 Å². The Bertz CT molecular complexity index is 622. The molecule has 2 aromatic rings. The van der Waals surface area contributed by atoms with E-state index in [9.17, 15) is 5.11 Å². The van der Waals surface area contributed by atoms with Crippen molar-refractivity contribution in [2.45, 2.75) is 52.4 Å². The van der Waals surface area contributed by atoms with Crippen LogP contribution in [-0.4, -0.2) is 19.9 Å². The van der Waals surface area contributed by atoms with Crippen molar-refractivity contribution in [1.29, 1.82) is 0 Å². The van der Waals surface area contributed by atoms with Crippen LogP contribution in [0.25, 0.3) is 11.4 Å². The topological polar surface area (TPSA) is 50.9 Å². The predicted octanol–water partition coefficient (Wildman–Crippen LogP) is 3.78. The smallest absolute Gasteiger partial charge is 0.157 e. The van der Waals surface area contributed by atoms with Gasteiger partial charge in [-0.15, -0.1) is 0 Å². The van der Waals surface area contributed by atoms with Crippen LogP contribution >= 0.6 is 0 Å². The lowest BCUT2D eigenvalue weighted by Crippen LogP contribution is -2.17. The van der Waals surface area contributed by atoms with Crippen LogP contribution in [0.4, 0.5) is 0 Å². The summed E-state index contributed by atoms with van der Waals surface area (Å²) in [5.41, 5.74) is 2.58. The minimum absolute atomic E-state index is 0.140. The maximum absolute atomic E-state index is 10.7. The van der Waals surface area contributed by atoms with Crippen LogP contribution in [0.1, 0.15) is 52.7 Å². The number of phenolic OH excluding ortho intramolecular Hbond substituents is 1. The summed E-state index contributed by atoms with van der Waals surface area (Å²) in [6, 6.07) is 4.04. The summed E-state index contributed by atoms with van der Waals surface area (Å²) in [6.07, 6.45) is 1.55. The molecule has 0 aliphatic heterocycles. The maximum atomic E-state index is 10.7. The number of rotatable bonds is 1. The molecule has 1 N–H and O–H groups in total. The van der Waals surface area contributed by atoms with Crippen molar-refractivity contribution in [2.24, 2.45) is 7.05 Å². The Morgan fingerprint density at radius 1 is 0.952 bits per heavy atom. The maximum Gasteiger partial charge on any atom is 0.157 e. The van der Waals surface area contributed by atoms with E-state index in [1.807, 2.05) is 19.2 Å². The average Bonchev–Trinajstić information content (AvgIpc) is 2.72.